The fourth-order valence-electron chi connectivity index (χ4n) is 2.34. The van der Waals surface area contributed by atoms with Crippen LogP contribution in [0.5, 0.6) is 0 Å². The zero-order chi connectivity index (χ0) is 7.99. The summed E-state index contributed by atoms with van der Waals surface area (Å²) in [5, 5.41) is 0. The summed E-state index contributed by atoms with van der Waals surface area (Å²) in [6.45, 7) is 9.05. The highest BCUT2D eigenvalue weighted by Gasteiger charge is 2.42. The molecule has 1 aliphatic carbocycles. The zero-order valence-corrected chi connectivity index (χ0v) is 7.57. The fraction of sp³-hybridized carbons (Fsp3) is 1.00. The van der Waals surface area contributed by atoms with E-state index in [4.69, 9.17) is 5.73 Å². The second kappa shape index (κ2) is 1.97. The van der Waals surface area contributed by atoms with Crippen molar-refractivity contribution in [2.75, 3.05) is 0 Å². The molecule has 0 bridgehead atoms. The van der Waals surface area contributed by atoms with Gasteiger partial charge in [-0.2, -0.15) is 0 Å². The molecule has 2 atom stereocenters. The zero-order valence-electron chi connectivity index (χ0n) is 7.57. The largest absolute Gasteiger partial charge is 0.325 e. The van der Waals surface area contributed by atoms with E-state index >= 15 is 0 Å². The van der Waals surface area contributed by atoms with E-state index in [1.54, 1.807) is 0 Å². The van der Waals surface area contributed by atoms with Gasteiger partial charge in [0.1, 0.15) is 0 Å². The van der Waals surface area contributed by atoms with Crippen LogP contribution in [0.2, 0.25) is 0 Å². The molecule has 1 fully saturated rings. The molecule has 0 spiro atoms. The molecule has 0 aromatic heterocycles. The molecule has 0 unspecified atom stereocenters. The Kier molecular flexibility index (Phi) is 1.59. The Morgan fingerprint density at radius 1 is 1.30 bits per heavy atom. The standard InChI is InChI=1S/C9H19N/c1-7-5-8(2,3)6-9(7,4)10/h7H,5-6,10H2,1-4H3/t7-,9+/m1/s1. The van der Waals surface area contributed by atoms with Gasteiger partial charge in [-0.15, -0.1) is 0 Å². The summed E-state index contributed by atoms with van der Waals surface area (Å²) in [6, 6.07) is 0. The molecular formula is C9H19N. The fourth-order valence-corrected chi connectivity index (χ4v) is 2.34. The third-order valence-corrected chi connectivity index (χ3v) is 2.84. The van der Waals surface area contributed by atoms with Crippen LogP contribution in [0.4, 0.5) is 0 Å². The molecule has 2 N–H and O–H groups in total. The molecule has 10 heavy (non-hydrogen) atoms. The van der Waals surface area contributed by atoms with Crippen LogP contribution in [0.15, 0.2) is 0 Å². The Labute approximate surface area is 64.0 Å². The minimum atomic E-state index is 0.0868. The summed E-state index contributed by atoms with van der Waals surface area (Å²) in [5.41, 5.74) is 6.66. The van der Waals surface area contributed by atoms with Gasteiger partial charge in [-0.1, -0.05) is 20.8 Å². The van der Waals surface area contributed by atoms with E-state index in [9.17, 15) is 0 Å². The van der Waals surface area contributed by atoms with E-state index in [1.165, 1.54) is 12.8 Å². The average molecular weight is 141 g/mol. The Balaban J connectivity index is 2.71. The Morgan fingerprint density at radius 3 is 1.90 bits per heavy atom. The van der Waals surface area contributed by atoms with E-state index < -0.39 is 0 Å². The molecule has 0 amide bonds. The Hall–Kier alpha value is -0.0400. The van der Waals surface area contributed by atoms with Gasteiger partial charge in [0.15, 0.2) is 0 Å². The van der Waals surface area contributed by atoms with Crippen molar-refractivity contribution in [2.45, 2.75) is 46.1 Å². The SMILES string of the molecule is C[C@@H]1CC(C)(C)C[C@]1(C)N. The topological polar surface area (TPSA) is 26.0 Å². The minimum absolute atomic E-state index is 0.0868. The monoisotopic (exact) mass is 141 g/mol. The predicted octanol–water partition coefficient (Wildman–Crippen LogP) is 2.16. The lowest BCUT2D eigenvalue weighted by atomic mass is 9.89. The van der Waals surface area contributed by atoms with E-state index in [-0.39, 0.29) is 5.54 Å². The normalized spacial score (nSPS) is 45.9. The quantitative estimate of drug-likeness (QED) is 0.549. The van der Waals surface area contributed by atoms with Crippen LogP contribution < -0.4 is 5.73 Å². The summed E-state index contributed by atoms with van der Waals surface area (Å²) in [5.74, 6) is 0.683. The summed E-state index contributed by atoms with van der Waals surface area (Å²) in [6.07, 6.45) is 2.45. The van der Waals surface area contributed by atoms with Crippen molar-refractivity contribution in [3.63, 3.8) is 0 Å². The van der Waals surface area contributed by atoms with Gasteiger partial charge in [0, 0.05) is 5.54 Å². The van der Waals surface area contributed by atoms with Gasteiger partial charge in [-0.25, -0.2) is 0 Å². The van der Waals surface area contributed by atoms with Crippen molar-refractivity contribution in [1.82, 2.24) is 0 Å². The summed E-state index contributed by atoms with van der Waals surface area (Å²) >= 11 is 0. The average Bonchev–Trinajstić information content (AvgIpc) is 1.73. The highest BCUT2D eigenvalue weighted by Crippen LogP contribution is 2.45. The number of rotatable bonds is 0. The maximum absolute atomic E-state index is 6.10. The first-order chi connectivity index (χ1) is 4.33. The second-order valence-corrected chi connectivity index (χ2v) is 4.95. The first-order valence-electron chi connectivity index (χ1n) is 4.12. The molecule has 0 aliphatic heterocycles. The van der Waals surface area contributed by atoms with Crippen molar-refractivity contribution in [3.05, 3.63) is 0 Å². The van der Waals surface area contributed by atoms with Crippen LogP contribution in [0, 0.1) is 11.3 Å². The lowest BCUT2D eigenvalue weighted by molar-refractivity contribution is 0.345. The molecule has 1 heteroatoms. The third kappa shape index (κ3) is 1.34. The van der Waals surface area contributed by atoms with Crippen LogP contribution in [-0.2, 0) is 0 Å². The van der Waals surface area contributed by atoms with Gasteiger partial charge in [-0.3, -0.25) is 0 Å². The molecule has 0 aromatic carbocycles. The predicted molar refractivity (Wildman–Crippen MR) is 44.8 cm³/mol. The van der Waals surface area contributed by atoms with Gasteiger partial charge in [0.2, 0.25) is 0 Å². The molecule has 0 heterocycles. The molecular weight excluding hydrogens is 122 g/mol. The maximum Gasteiger partial charge on any atom is 0.0156 e. The third-order valence-electron chi connectivity index (χ3n) is 2.84. The Bertz CT molecular complexity index is 136. The van der Waals surface area contributed by atoms with Gasteiger partial charge in [0.25, 0.3) is 0 Å². The highest BCUT2D eigenvalue weighted by atomic mass is 14.8. The molecule has 60 valence electrons. The minimum Gasteiger partial charge on any atom is -0.325 e. The molecule has 1 nitrogen and oxygen atoms in total. The molecule has 0 radical (unpaired) electrons. The first-order valence-corrected chi connectivity index (χ1v) is 4.12. The lowest BCUT2D eigenvalue weighted by Crippen LogP contribution is -2.38. The Morgan fingerprint density at radius 2 is 1.80 bits per heavy atom. The van der Waals surface area contributed by atoms with Crippen LogP contribution in [-0.4, -0.2) is 5.54 Å². The summed E-state index contributed by atoms with van der Waals surface area (Å²) < 4.78 is 0. The van der Waals surface area contributed by atoms with Gasteiger partial charge >= 0.3 is 0 Å². The van der Waals surface area contributed by atoms with E-state index in [0.717, 1.165) is 0 Å². The number of hydrogen-bond acceptors (Lipinski definition) is 1. The van der Waals surface area contributed by atoms with E-state index in [2.05, 4.69) is 27.7 Å². The van der Waals surface area contributed by atoms with Crippen LogP contribution >= 0.6 is 0 Å². The molecule has 1 aliphatic rings. The van der Waals surface area contributed by atoms with E-state index in [1.807, 2.05) is 0 Å². The van der Waals surface area contributed by atoms with Crippen molar-refractivity contribution in [1.29, 1.82) is 0 Å². The first kappa shape index (κ1) is 8.06. The molecule has 0 aromatic rings. The van der Waals surface area contributed by atoms with Crippen molar-refractivity contribution < 1.29 is 0 Å². The molecule has 1 saturated carbocycles. The molecule has 1 rings (SSSR count). The van der Waals surface area contributed by atoms with Gasteiger partial charge < -0.3 is 5.73 Å². The molecule has 0 saturated heterocycles. The van der Waals surface area contributed by atoms with Gasteiger partial charge in [0.05, 0.1) is 0 Å². The second-order valence-electron chi connectivity index (χ2n) is 4.95. The van der Waals surface area contributed by atoms with Crippen LogP contribution in [0.25, 0.3) is 0 Å². The van der Waals surface area contributed by atoms with Crippen LogP contribution in [0.1, 0.15) is 40.5 Å². The van der Waals surface area contributed by atoms with Gasteiger partial charge in [-0.05, 0) is 31.1 Å². The highest BCUT2D eigenvalue weighted by molar-refractivity contribution is 4.98. The number of hydrogen-bond donors (Lipinski definition) is 1. The van der Waals surface area contributed by atoms with E-state index in [0.29, 0.717) is 11.3 Å². The lowest BCUT2D eigenvalue weighted by Gasteiger charge is -2.24. The van der Waals surface area contributed by atoms with Crippen molar-refractivity contribution in [2.24, 2.45) is 17.1 Å². The number of nitrogens with two attached hydrogens (primary N) is 1. The van der Waals surface area contributed by atoms with Crippen molar-refractivity contribution >= 4 is 0 Å². The smallest absolute Gasteiger partial charge is 0.0156 e. The summed E-state index contributed by atoms with van der Waals surface area (Å²) in [7, 11) is 0. The summed E-state index contributed by atoms with van der Waals surface area (Å²) in [4.78, 5) is 0. The van der Waals surface area contributed by atoms with Crippen LogP contribution in [0.3, 0.4) is 0 Å². The maximum atomic E-state index is 6.10. The van der Waals surface area contributed by atoms with Crippen molar-refractivity contribution in [3.8, 4) is 0 Å².